The highest BCUT2D eigenvalue weighted by molar-refractivity contribution is 7.47. The number of ether oxygens (including phenoxy) is 4. The van der Waals surface area contributed by atoms with Crippen molar-refractivity contribution in [1.29, 1.82) is 0 Å². The van der Waals surface area contributed by atoms with Gasteiger partial charge in [-0.3, -0.25) is 37.3 Å². The molecule has 0 aromatic carbocycles. The minimum Gasteiger partial charge on any atom is -0.462 e. The lowest BCUT2D eigenvalue weighted by molar-refractivity contribution is -0.161. The maximum absolute atomic E-state index is 13.1. The molecule has 0 amide bonds. The van der Waals surface area contributed by atoms with Crippen LogP contribution >= 0.6 is 15.6 Å². The molecule has 0 radical (unpaired) electrons. The van der Waals surface area contributed by atoms with E-state index >= 15 is 0 Å². The molecule has 0 aliphatic carbocycles. The molecule has 0 fully saturated rings. The number of hydrogen-bond acceptors (Lipinski definition) is 15. The lowest BCUT2D eigenvalue weighted by Gasteiger charge is -2.21. The van der Waals surface area contributed by atoms with E-state index < -0.39 is 97.5 Å². The van der Waals surface area contributed by atoms with Crippen LogP contribution in [-0.2, 0) is 65.4 Å². The molecule has 3 unspecified atom stereocenters. The van der Waals surface area contributed by atoms with Crippen LogP contribution in [0.25, 0.3) is 0 Å². The Morgan fingerprint density at radius 2 is 0.486 bits per heavy atom. The van der Waals surface area contributed by atoms with Crippen LogP contribution in [-0.4, -0.2) is 96.7 Å². The number of esters is 4. The number of aliphatic hydroxyl groups is 1. The van der Waals surface area contributed by atoms with E-state index in [0.29, 0.717) is 31.6 Å². The molecular weight excluding hydrogens is 1370 g/mol. The highest BCUT2D eigenvalue weighted by atomic mass is 31.2. The Morgan fingerprint density at radius 3 is 0.724 bits per heavy atom. The predicted octanol–water partition coefficient (Wildman–Crippen LogP) is 26.2. The van der Waals surface area contributed by atoms with Crippen molar-refractivity contribution in [2.75, 3.05) is 39.6 Å². The first-order valence-corrected chi connectivity index (χ1v) is 47.5. The summed E-state index contributed by atoms with van der Waals surface area (Å²) in [7, 11) is -9.93. The first-order valence-electron chi connectivity index (χ1n) is 44.5. The van der Waals surface area contributed by atoms with Crippen LogP contribution in [0, 0.1) is 11.8 Å². The van der Waals surface area contributed by atoms with E-state index in [2.05, 4.69) is 41.5 Å². The second kappa shape index (κ2) is 77.4. The summed E-state index contributed by atoms with van der Waals surface area (Å²) in [5.74, 6) is -0.553. The third kappa shape index (κ3) is 78.5. The number of phosphoric acid groups is 2. The van der Waals surface area contributed by atoms with E-state index in [1.807, 2.05) is 0 Å². The topological polar surface area (TPSA) is 237 Å². The highest BCUT2D eigenvalue weighted by Crippen LogP contribution is 2.45. The Hall–Kier alpha value is -1.94. The molecule has 0 aliphatic rings. The Kier molecular flexibility index (Phi) is 76.0. The molecule has 0 heterocycles. The van der Waals surface area contributed by atoms with Gasteiger partial charge in [-0.15, -0.1) is 0 Å². The molecule has 624 valence electrons. The average molecular weight is 1540 g/mol. The largest absolute Gasteiger partial charge is 0.472 e. The fourth-order valence-electron chi connectivity index (χ4n) is 13.4. The standard InChI is InChI=1S/C86H168O17P2/c1-7-10-12-14-16-18-20-22-24-28-33-37-41-45-49-56-62-68-83(88)96-74-81(102-85(90)70-64-59-51-47-43-39-35-31-27-26-30-32-36-40-44-48-55-61-67-79(6)9-3)76-100-104(92,93)98-72-80(87)73-99-105(94,95)101-77-82(75-97-84(89)69-63-57-53-52-54-60-66-78(4)5)103-86(91)71-65-58-50-46-42-38-34-29-25-23-21-19-17-15-13-11-8-2/h78-82,87H,7-77H2,1-6H3,(H,92,93)(H,94,95)/t79?,80-,81-,82-/m1/s1. The molecule has 105 heavy (non-hydrogen) atoms. The van der Waals surface area contributed by atoms with Gasteiger partial charge in [0.05, 0.1) is 26.4 Å². The summed E-state index contributed by atoms with van der Waals surface area (Å²) >= 11 is 0. The molecule has 3 N–H and O–H groups in total. The van der Waals surface area contributed by atoms with Gasteiger partial charge in [0, 0.05) is 25.7 Å². The first kappa shape index (κ1) is 103. The summed E-state index contributed by atoms with van der Waals surface area (Å²) in [6.07, 6.45) is 69.6. The number of unbranched alkanes of at least 4 members (excludes halogenated alkanes) is 54. The third-order valence-corrected chi connectivity index (χ3v) is 22.5. The fourth-order valence-corrected chi connectivity index (χ4v) is 15.0. The van der Waals surface area contributed by atoms with E-state index in [1.165, 1.54) is 270 Å². The molecule has 0 aliphatic heterocycles. The van der Waals surface area contributed by atoms with E-state index in [9.17, 15) is 43.2 Å². The first-order chi connectivity index (χ1) is 50.9. The van der Waals surface area contributed by atoms with Gasteiger partial charge in [0.15, 0.2) is 12.2 Å². The predicted molar refractivity (Wildman–Crippen MR) is 432 cm³/mol. The zero-order valence-corrected chi connectivity index (χ0v) is 70.8. The molecule has 0 aromatic rings. The van der Waals surface area contributed by atoms with Crippen molar-refractivity contribution >= 4 is 39.5 Å². The quantitative estimate of drug-likeness (QED) is 0.0222. The molecular formula is C86H168O17P2. The fraction of sp³-hybridized carbons (Fsp3) is 0.953. The van der Waals surface area contributed by atoms with E-state index in [0.717, 1.165) is 102 Å². The second-order valence-corrected chi connectivity index (χ2v) is 34.6. The van der Waals surface area contributed by atoms with Crippen molar-refractivity contribution in [2.45, 2.75) is 477 Å². The molecule has 19 heteroatoms. The van der Waals surface area contributed by atoms with E-state index in [-0.39, 0.29) is 25.7 Å². The van der Waals surface area contributed by atoms with Gasteiger partial charge in [0.1, 0.15) is 19.3 Å². The number of rotatable bonds is 85. The van der Waals surface area contributed by atoms with Gasteiger partial charge in [0.25, 0.3) is 0 Å². The molecule has 17 nitrogen and oxygen atoms in total. The van der Waals surface area contributed by atoms with Crippen LogP contribution in [0.5, 0.6) is 0 Å². The van der Waals surface area contributed by atoms with Crippen LogP contribution in [0.1, 0.15) is 459 Å². The number of phosphoric ester groups is 2. The van der Waals surface area contributed by atoms with Crippen LogP contribution in [0.4, 0.5) is 0 Å². The monoisotopic (exact) mass is 1540 g/mol. The van der Waals surface area contributed by atoms with E-state index in [1.54, 1.807) is 0 Å². The summed E-state index contributed by atoms with van der Waals surface area (Å²) < 4.78 is 68.8. The zero-order valence-electron chi connectivity index (χ0n) is 69.0. The number of hydrogen-bond donors (Lipinski definition) is 3. The maximum Gasteiger partial charge on any atom is 0.472 e. The van der Waals surface area contributed by atoms with Crippen LogP contribution in [0.2, 0.25) is 0 Å². The highest BCUT2D eigenvalue weighted by Gasteiger charge is 2.30. The minimum atomic E-state index is -4.97. The van der Waals surface area contributed by atoms with Crippen LogP contribution in [0.15, 0.2) is 0 Å². The van der Waals surface area contributed by atoms with Gasteiger partial charge in [-0.1, -0.05) is 408 Å². The lowest BCUT2D eigenvalue weighted by atomic mass is 9.99. The Balaban J connectivity index is 5.20. The average Bonchev–Trinajstić information content (AvgIpc) is 0.909. The van der Waals surface area contributed by atoms with Crippen molar-refractivity contribution in [1.82, 2.24) is 0 Å². The molecule has 0 saturated carbocycles. The molecule has 6 atom stereocenters. The molecule has 0 rings (SSSR count). The summed E-state index contributed by atoms with van der Waals surface area (Å²) in [6.45, 7) is 9.66. The van der Waals surface area contributed by atoms with E-state index in [4.69, 9.17) is 37.0 Å². The number of carbonyl (C=O) groups excluding carboxylic acids is 4. The molecule has 0 saturated heterocycles. The van der Waals surface area contributed by atoms with Gasteiger partial charge < -0.3 is 33.8 Å². The van der Waals surface area contributed by atoms with Crippen molar-refractivity contribution < 1.29 is 80.2 Å². The van der Waals surface area contributed by atoms with Gasteiger partial charge in [-0.25, -0.2) is 9.13 Å². The molecule has 0 spiro atoms. The smallest absolute Gasteiger partial charge is 0.462 e. The Morgan fingerprint density at radius 1 is 0.276 bits per heavy atom. The second-order valence-electron chi connectivity index (χ2n) is 31.6. The molecule has 0 aromatic heterocycles. The Bertz CT molecular complexity index is 2010. The summed E-state index contributed by atoms with van der Waals surface area (Å²) in [5.41, 5.74) is 0. The number of carbonyl (C=O) groups is 4. The third-order valence-electron chi connectivity index (χ3n) is 20.6. The van der Waals surface area contributed by atoms with Crippen molar-refractivity contribution in [3.8, 4) is 0 Å². The number of aliphatic hydroxyl groups excluding tert-OH is 1. The summed E-state index contributed by atoms with van der Waals surface area (Å²) in [4.78, 5) is 73.2. The van der Waals surface area contributed by atoms with Gasteiger partial charge >= 0.3 is 39.5 Å². The van der Waals surface area contributed by atoms with Crippen LogP contribution in [0.3, 0.4) is 0 Å². The molecule has 0 bridgehead atoms. The SMILES string of the molecule is CCCCCCCCCCCCCCCCCCCC(=O)OC[C@H](COP(=O)(O)OC[C@@H](O)COP(=O)(O)OC[C@@H](COC(=O)CCCCCCCCC(C)C)OC(=O)CCCCCCCCCCCCCCCCCCC)OC(=O)CCCCCCCCCCCCCCCCCCCCC(C)CC. The van der Waals surface area contributed by atoms with Gasteiger partial charge in [-0.05, 0) is 37.5 Å². The van der Waals surface area contributed by atoms with Crippen molar-refractivity contribution in [3.05, 3.63) is 0 Å². The van der Waals surface area contributed by atoms with Gasteiger partial charge in [-0.2, -0.15) is 0 Å². The Labute approximate surface area is 645 Å². The lowest BCUT2D eigenvalue weighted by Crippen LogP contribution is -2.30. The maximum atomic E-state index is 13.1. The summed E-state index contributed by atoms with van der Waals surface area (Å²) in [5, 5.41) is 10.7. The normalized spacial score (nSPS) is 14.1. The summed E-state index contributed by atoms with van der Waals surface area (Å²) in [6, 6.07) is 0. The van der Waals surface area contributed by atoms with Crippen molar-refractivity contribution in [2.24, 2.45) is 11.8 Å². The van der Waals surface area contributed by atoms with Gasteiger partial charge in [0.2, 0.25) is 0 Å². The van der Waals surface area contributed by atoms with Crippen molar-refractivity contribution in [3.63, 3.8) is 0 Å². The minimum absolute atomic E-state index is 0.108. The zero-order chi connectivity index (χ0) is 77.1. The van der Waals surface area contributed by atoms with Crippen LogP contribution < -0.4 is 0 Å².